The van der Waals surface area contributed by atoms with Crippen LogP contribution in [0.15, 0.2) is 6.20 Å². The largest absolute Gasteiger partial charge is 0.444 e. The minimum absolute atomic E-state index is 0.200. The zero-order chi connectivity index (χ0) is 15.2. The van der Waals surface area contributed by atoms with Crippen molar-refractivity contribution in [2.75, 3.05) is 6.54 Å². The first-order valence-corrected chi connectivity index (χ1v) is 7.01. The van der Waals surface area contributed by atoms with E-state index < -0.39 is 5.60 Å². The van der Waals surface area contributed by atoms with E-state index in [0.717, 1.165) is 17.9 Å². The third kappa shape index (κ3) is 6.56. The average molecular weight is 282 g/mol. The first-order valence-electron chi connectivity index (χ1n) is 7.01. The van der Waals surface area contributed by atoms with E-state index in [0.29, 0.717) is 13.1 Å². The Labute approximate surface area is 120 Å². The standard InChI is InChI=1S/C14H26N4O2/c1-6-11(7-17-13(19)20-14(3,4)5)16-9-12-8-15-10(2)18-12/h8,11,16H,6-7,9H2,1-5H3,(H,15,18)(H,17,19). The Morgan fingerprint density at radius 2 is 2.20 bits per heavy atom. The summed E-state index contributed by atoms with van der Waals surface area (Å²) in [4.78, 5) is 18.9. The number of ether oxygens (including phenoxy) is 1. The maximum atomic E-state index is 11.6. The Kier molecular flexibility index (Phi) is 6.01. The lowest BCUT2D eigenvalue weighted by Gasteiger charge is -2.22. The van der Waals surface area contributed by atoms with Gasteiger partial charge in [0.25, 0.3) is 0 Å². The summed E-state index contributed by atoms with van der Waals surface area (Å²) >= 11 is 0. The maximum absolute atomic E-state index is 11.6. The number of alkyl carbamates (subject to hydrolysis) is 1. The fourth-order valence-corrected chi connectivity index (χ4v) is 1.70. The van der Waals surface area contributed by atoms with Gasteiger partial charge in [0.2, 0.25) is 0 Å². The quantitative estimate of drug-likeness (QED) is 0.746. The SMILES string of the molecule is CCC(CNC(=O)OC(C)(C)C)NCc1cnc(C)[nH]1. The summed E-state index contributed by atoms with van der Waals surface area (Å²) in [5.74, 6) is 0.904. The highest BCUT2D eigenvalue weighted by Gasteiger charge is 2.16. The smallest absolute Gasteiger partial charge is 0.407 e. The summed E-state index contributed by atoms with van der Waals surface area (Å²) in [7, 11) is 0. The fourth-order valence-electron chi connectivity index (χ4n) is 1.70. The molecule has 3 N–H and O–H groups in total. The molecule has 0 saturated carbocycles. The highest BCUT2D eigenvalue weighted by atomic mass is 16.6. The van der Waals surface area contributed by atoms with Crippen molar-refractivity contribution in [3.05, 3.63) is 17.7 Å². The van der Waals surface area contributed by atoms with Gasteiger partial charge in [-0.15, -0.1) is 0 Å². The number of hydrogen-bond donors (Lipinski definition) is 3. The summed E-state index contributed by atoms with van der Waals surface area (Å²) in [5, 5.41) is 6.16. The molecule has 0 bridgehead atoms. The third-order valence-corrected chi connectivity index (χ3v) is 2.72. The average Bonchev–Trinajstić information content (AvgIpc) is 2.73. The lowest BCUT2D eigenvalue weighted by Crippen LogP contribution is -2.42. The Morgan fingerprint density at radius 1 is 1.50 bits per heavy atom. The molecule has 114 valence electrons. The second-order valence-electron chi connectivity index (χ2n) is 5.86. The maximum Gasteiger partial charge on any atom is 0.407 e. The molecule has 1 rings (SSSR count). The molecule has 0 spiro atoms. The van der Waals surface area contributed by atoms with E-state index in [2.05, 4.69) is 27.5 Å². The molecule has 6 heteroatoms. The molecule has 1 aromatic rings. The summed E-state index contributed by atoms with van der Waals surface area (Å²) in [6, 6.07) is 0.200. The van der Waals surface area contributed by atoms with Gasteiger partial charge in [0.05, 0.1) is 0 Å². The second kappa shape index (κ2) is 7.28. The molecule has 20 heavy (non-hydrogen) atoms. The van der Waals surface area contributed by atoms with Crippen LogP contribution in [0.3, 0.4) is 0 Å². The number of nitrogens with one attached hydrogen (secondary N) is 3. The molecule has 1 aromatic heterocycles. The molecular formula is C14H26N4O2. The van der Waals surface area contributed by atoms with Crippen LogP contribution in [-0.2, 0) is 11.3 Å². The predicted molar refractivity (Wildman–Crippen MR) is 78.5 cm³/mol. The molecular weight excluding hydrogens is 256 g/mol. The van der Waals surface area contributed by atoms with Crippen LogP contribution in [0.2, 0.25) is 0 Å². The van der Waals surface area contributed by atoms with Crippen molar-refractivity contribution in [1.29, 1.82) is 0 Å². The number of nitrogens with zero attached hydrogens (tertiary/aromatic N) is 1. The van der Waals surface area contributed by atoms with E-state index in [1.165, 1.54) is 0 Å². The van der Waals surface area contributed by atoms with Crippen LogP contribution in [-0.4, -0.2) is 34.2 Å². The van der Waals surface area contributed by atoms with E-state index in [9.17, 15) is 4.79 Å². The van der Waals surface area contributed by atoms with Crippen molar-refractivity contribution in [2.24, 2.45) is 0 Å². The molecule has 0 aliphatic rings. The van der Waals surface area contributed by atoms with Gasteiger partial charge in [0.1, 0.15) is 11.4 Å². The molecule has 1 heterocycles. The predicted octanol–water partition coefficient (Wildman–Crippen LogP) is 2.11. The van der Waals surface area contributed by atoms with Gasteiger partial charge < -0.3 is 20.4 Å². The fraction of sp³-hybridized carbons (Fsp3) is 0.714. The topological polar surface area (TPSA) is 79.0 Å². The molecule has 0 saturated heterocycles. The van der Waals surface area contributed by atoms with Gasteiger partial charge in [-0.3, -0.25) is 0 Å². The number of carbonyl (C=O) groups excluding carboxylic acids is 1. The van der Waals surface area contributed by atoms with Gasteiger partial charge in [-0.05, 0) is 34.1 Å². The monoisotopic (exact) mass is 282 g/mol. The van der Waals surface area contributed by atoms with E-state index in [-0.39, 0.29) is 12.1 Å². The number of aryl methyl sites for hydroxylation is 1. The zero-order valence-electron chi connectivity index (χ0n) is 13.0. The molecule has 1 atom stereocenters. The molecule has 1 unspecified atom stereocenters. The number of aromatic amines is 1. The van der Waals surface area contributed by atoms with E-state index >= 15 is 0 Å². The highest BCUT2D eigenvalue weighted by molar-refractivity contribution is 5.67. The van der Waals surface area contributed by atoms with E-state index in [1.807, 2.05) is 33.9 Å². The number of hydrogen-bond acceptors (Lipinski definition) is 4. The Hall–Kier alpha value is -1.56. The first kappa shape index (κ1) is 16.5. The van der Waals surface area contributed by atoms with Crippen LogP contribution in [0.25, 0.3) is 0 Å². The van der Waals surface area contributed by atoms with Gasteiger partial charge in [-0.2, -0.15) is 0 Å². The second-order valence-corrected chi connectivity index (χ2v) is 5.86. The summed E-state index contributed by atoms with van der Waals surface area (Å²) < 4.78 is 5.20. The normalized spacial score (nSPS) is 13.1. The third-order valence-electron chi connectivity index (χ3n) is 2.72. The van der Waals surface area contributed by atoms with Crippen molar-refractivity contribution < 1.29 is 9.53 Å². The summed E-state index contributed by atoms with van der Waals surface area (Å²) in [6.45, 7) is 10.8. The van der Waals surface area contributed by atoms with Crippen LogP contribution in [0.4, 0.5) is 4.79 Å². The van der Waals surface area contributed by atoms with Gasteiger partial charge >= 0.3 is 6.09 Å². The van der Waals surface area contributed by atoms with E-state index in [1.54, 1.807) is 0 Å². The Bertz CT molecular complexity index is 423. The minimum Gasteiger partial charge on any atom is -0.444 e. The molecule has 0 radical (unpaired) electrons. The molecule has 0 aliphatic heterocycles. The Balaban J connectivity index is 2.30. The van der Waals surface area contributed by atoms with Crippen molar-refractivity contribution in [3.8, 4) is 0 Å². The number of amides is 1. The van der Waals surface area contributed by atoms with Crippen molar-refractivity contribution in [1.82, 2.24) is 20.6 Å². The van der Waals surface area contributed by atoms with Crippen LogP contribution in [0, 0.1) is 6.92 Å². The molecule has 0 aromatic carbocycles. The van der Waals surface area contributed by atoms with Crippen molar-refractivity contribution in [3.63, 3.8) is 0 Å². The molecule has 0 aliphatic carbocycles. The first-order chi connectivity index (χ1) is 9.30. The van der Waals surface area contributed by atoms with Crippen LogP contribution >= 0.6 is 0 Å². The van der Waals surface area contributed by atoms with Gasteiger partial charge in [0, 0.05) is 31.0 Å². The zero-order valence-corrected chi connectivity index (χ0v) is 13.0. The van der Waals surface area contributed by atoms with Crippen LogP contribution < -0.4 is 10.6 Å². The number of imidazole rings is 1. The van der Waals surface area contributed by atoms with Crippen molar-refractivity contribution in [2.45, 2.75) is 59.2 Å². The van der Waals surface area contributed by atoms with Gasteiger partial charge in [0.15, 0.2) is 0 Å². The van der Waals surface area contributed by atoms with Crippen LogP contribution in [0.5, 0.6) is 0 Å². The molecule has 1 amide bonds. The highest BCUT2D eigenvalue weighted by Crippen LogP contribution is 2.06. The van der Waals surface area contributed by atoms with E-state index in [4.69, 9.17) is 4.74 Å². The summed E-state index contributed by atoms with van der Waals surface area (Å²) in [5.41, 5.74) is 0.574. The lowest BCUT2D eigenvalue weighted by atomic mass is 10.2. The number of aromatic nitrogens is 2. The number of carbonyl (C=O) groups is 1. The molecule has 6 nitrogen and oxygen atoms in total. The summed E-state index contributed by atoms with van der Waals surface area (Å²) in [6.07, 6.45) is 2.36. The lowest BCUT2D eigenvalue weighted by molar-refractivity contribution is 0.0522. The minimum atomic E-state index is -0.466. The van der Waals surface area contributed by atoms with Crippen LogP contribution in [0.1, 0.15) is 45.6 Å². The van der Waals surface area contributed by atoms with Gasteiger partial charge in [-0.25, -0.2) is 9.78 Å². The molecule has 0 fully saturated rings. The van der Waals surface area contributed by atoms with Gasteiger partial charge in [-0.1, -0.05) is 6.92 Å². The Morgan fingerprint density at radius 3 is 2.70 bits per heavy atom. The number of rotatable bonds is 6. The van der Waals surface area contributed by atoms with Crippen molar-refractivity contribution >= 4 is 6.09 Å². The number of H-pyrrole nitrogens is 1.